The van der Waals surface area contributed by atoms with Crippen LogP contribution in [0.4, 0.5) is 0 Å². The van der Waals surface area contributed by atoms with Crippen molar-refractivity contribution in [2.75, 3.05) is 25.4 Å². The van der Waals surface area contributed by atoms with Gasteiger partial charge < -0.3 is 4.74 Å². The Kier molecular flexibility index (Phi) is 5.22. The SMILES string of the molecule is CCC(OC)C(CS(C)(=O)=O)S(C)(=O)=O. The van der Waals surface area contributed by atoms with Gasteiger partial charge in [0.25, 0.3) is 0 Å². The van der Waals surface area contributed by atoms with Crippen molar-refractivity contribution in [2.45, 2.75) is 24.7 Å². The average molecular weight is 258 g/mol. The average Bonchev–Trinajstić information content (AvgIpc) is 2.01. The summed E-state index contributed by atoms with van der Waals surface area (Å²) in [6.07, 6.45) is 1.94. The molecule has 0 N–H and O–H groups in total. The second-order valence-electron chi connectivity index (χ2n) is 3.64. The van der Waals surface area contributed by atoms with Crippen LogP contribution in [0.25, 0.3) is 0 Å². The van der Waals surface area contributed by atoms with Gasteiger partial charge in [0.2, 0.25) is 0 Å². The molecule has 7 heteroatoms. The molecule has 0 rings (SSSR count). The van der Waals surface area contributed by atoms with E-state index >= 15 is 0 Å². The zero-order valence-corrected chi connectivity index (χ0v) is 11.1. The zero-order chi connectivity index (χ0) is 12.3. The van der Waals surface area contributed by atoms with Crippen molar-refractivity contribution in [1.29, 1.82) is 0 Å². The minimum atomic E-state index is -3.43. The first-order valence-electron chi connectivity index (χ1n) is 4.51. The summed E-state index contributed by atoms with van der Waals surface area (Å²) in [6, 6.07) is 0. The molecular weight excluding hydrogens is 240 g/mol. The molecule has 0 radical (unpaired) electrons. The summed E-state index contributed by atoms with van der Waals surface area (Å²) in [4.78, 5) is 0. The van der Waals surface area contributed by atoms with Crippen molar-refractivity contribution in [3.8, 4) is 0 Å². The molecule has 0 aliphatic heterocycles. The highest BCUT2D eigenvalue weighted by atomic mass is 32.2. The molecule has 0 amide bonds. The fraction of sp³-hybridized carbons (Fsp3) is 1.00. The van der Waals surface area contributed by atoms with Crippen molar-refractivity contribution in [1.82, 2.24) is 0 Å². The van der Waals surface area contributed by atoms with Gasteiger partial charge in [0, 0.05) is 19.6 Å². The summed E-state index contributed by atoms with van der Waals surface area (Å²) in [5, 5.41) is -0.984. The maximum atomic E-state index is 11.4. The smallest absolute Gasteiger partial charge is 0.153 e. The molecule has 2 unspecified atom stereocenters. The summed E-state index contributed by atoms with van der Waals surface area (Å²) in [5.74, 6) is -0.391. The van der Waals surface area contributed by atoms with E-state index in [1.807, 2.05) is 0 Å². The first-order chi connectivity index (χ1) is 6.61. The van der Waals surface area contributed by atoms with Crippen LogP contribution >= 0.6 is 0 Å². The summed E-state index contributed by atoms with van der Waals surface area (Å²) < 4.78 is 50.0. The molecule has 0 fully saturated rings. The van der Waals surface area contributed by atoms with Crippen molar-refractivity contribution in [3.63, 3.8) is 0 Å². The van der Waals surface area contributed by atoms with E-state index in [0.717, 1.165) is 12.5 Å². The molecule has 0 heterocycles. The fourth-order valence-electron chi connectivity index (χ4n) is 1.39. The highest BCUT2D eigenvalue weighted by Gasteiger charge is 2.32. The van der Waals surface area contributed by atoms with E-state index in [4.69, 9.17) is 4.74 Å². The Bertz CT molecular complexity index is 377. The monoisotopic (exact) mass is 258 g/mol. The van der Waals surface area contributed by atoms with Crippen LogP contribution in [0.1, 0.15) is 13.3 Å². The zero-order valence-electron chi connectivity index (χ0n) is 9.43. The van der Waals surface area contributed by atoms with Gasteiger partial charge >= 0.3 is 0 Å². The third-order valence-corrected chi connectivity index (χ3v) is 4.88. The number of hydrogen-bond acceptors (Lipinski definition) is 5. The molecule has 0 aliphatic rings. The van der Waals surface area contributed by atoms with E-state index in [-0.39, 0.29) is 0 Å². The summed E-state index contributed by atoms with van der Waals surface area (Å²) in [5.41, 5.74) is 0. The van der Waals surface area contributed by atoms with Gasteiger partial charge in [0.05, 0.1) is 11.9 Å². The number of rotatable bonds is 6. The number of ether oxygens (including phenoxy) is 1. The van der Waals surface area contributed by atoms with Gasteiger partial charge in [-0.05, 0) is 6.42 Å². The first kappa shape index (κ1) is 14.9. The molecular formula is C8H18O5S2. The van der Waals surface area contributed by atoms with Gasteiger partial charge in [0.15, 0.2) is 9.84 Å². The number of sulfone groups is 2. The molecule has 2 atom stereocenters. The largest absolute Gasteiger partial charge is 0.380 e. The van der Waals surface area contributed by atoms with Gasteiger partial charge in [-0.2, -0.15) is 0 Å². The van der Waals surface area contributed by atoms with Crippen LogP contribution in [0.15, 0.2) is 0 Å². The molecule has 0 aromatic heterocycles. The summed E-state index contributed by atoms with van der Waals surface area (Å²) >= 11 is 0. The van der Waals surface area contributed by atoms with Gasteiger partial charge in [0.1, 0.15) is 15.1 Å². The predicted molar refractivity (Wildman–Crippen MR) is 59.4 cm³/mol. The Morgan fingerprint density at radius 1 is 1.13 bits per heavy atom. The molecule has 0 spiro atoms. The Morgan fingerprint density at radius 3 is 1.80 bits per heavy atom. The van der Waals surface area contributed by atoms with Crippen LogP contribution in [-0.2, 0) is 24.4 Å². The third kappa shape index (κ3) is 5.48. The minimum absolute atomic E-state index is 0.391. The van der Waals surface area contributed by atoms with E-state index < -0.39 is 36.8 Å². The van der Waals surface area contributed by atoms with Crippen molar-refractivity contribution in [2.24, 2.45) is 0 Å². The predicted octanol–water partition coefficient (Wildman–Crippen LogP) is -0.131. The van der Waals surface area contributed by atoms with Crippen LogP contribution in [-0.4, -0.2) is 53.6 Å². The van der Waals surface area contributed by atoms with Crippen LogP contribution in [0.5, 0.6) is 0 Å². The van der Waals surface area contributed by atoms with Crippen LogP contribution in [0, 0.1) is 0 Å². The number of hydrogen-bond donors (Lipinski definition) is 0. The fourth-order valence-corrected chi connectivity index (χ4v) is 4.78. The molecule has 0 saturated carbocycles. The number of methoxy groups -OCH3 is 1. The quantitative estimate of drug-likeness (QED) is 0.663. The van der Waals surface area contributed by atoms with E-state index in [1.165, 1.54) is 7.11 Å². The van der Waals surface area contributed by atoms with Crippen LogP contribution in [0.2, 0.25) is 0 Å². The molecule has 0 aromatic carbocycles. The topological polar surface area (TPSA) is 77.5 Å². The third-order valence-electron chi connectivity index (χ3n) is 2.14. The summed E-state index contributed by atoms with van der Waals surface area (Å²) in [7, 11) is -5.37. The normalized spacial score (nSPS) is 17.3. The molecule has 5 nitrogen and oxygen atoms in total. The highest BCUT2D eigenvalue weighted by molar-refractivity contribution is 7.94. The van der Waals surface area contributed by atoms with Gasteiger partial charge in [-0.3, -0.25) is 0 Å². The van der Waals surface area contributed by atoms with Crippen molar-refractivity contribution in [3.05, 3.63) is 0 Å². The Labute approximate surface area is 91.7 Å². The lowest BCUT2D eigenvalue weighted by molar-refractivity contribution is 0.0993. The van der Waals surface area contributed by atoms with Gasteiger partial charge in [-0.25, -0.2) is 16.8 Å². The Morgan fingerprint density at radius 2 is 1.60 bits per heavy atom. The van der Waals surface area contributed by atoms with E-state index in [9.17, 15) is 16.8 Å². The molecule has 0 aromatic rings. The van der Waals surface area contributed by atoms with E-state index in [1.54, 1.807) is 6.92 Å². The van der Waals surface area contributed by atoms with Gasteiger partial charge in [-0.1, -0.05) is 6.92 Å². The minimum Gasteiger partial charge on any atom is -0.380 e. The highest BCUT2D eigenvalue weighted by Crippen LogP contribution is 2.13. The van der Waals surface area contributed by atoms with Gasteiger partial charge in [-0.15, -0.1) is 0 Å². The van der Waals surface area contributed by atoms with Crippen molar-refractivity contribution < 1.29 is 21.6 Å². The molecule has 15 heavy (non-hydrogen) atoms. The lowest BCUT2D eigenvalue weighted by atomic mass is 10.2. The lowest BCUT2D eigenvalue weighted by Crippen LogP contribution is -2.40. The van der Waals surface area contributed by atoms with Crippen LogP contribution in [0.3, 0.4) is 0 Å². The molecule has 0 aliphatic carbocycles. The second kappa shape index (κ2) is 5.27. The lowest BCUT2D eigenvalue weighted by Gasteiger charge is -2.22. The maximum absolute atomic E-state index is 11.4. The van der Waals surface area contributed by atoms with Crippen molar-refractivity contribution >= 4 is 19.7 Å². The molecule has 92 valence electrons. The maximum Gasteiger partial charge on any atom is 0.153 e. The Balaban J connectivity index is 5.08. The Hall–Kier alpha value is -0.140. The van der Waals surface area contributed by atoms with E-state index in [0.29, 0.717) is 6.42 Å². The summed E-state index contributed by atoms with van der Waals surface area (Å²) in [6.45, 7) is 1.76. The van der Waals surface area contributed by atoms with E-state index in [2.05, 4.69) is 0 Å². The molecule has 0 saturated heterocycles. The molecule has 0 bridgehead atoms. The first-order valence-corrected chi connectivity index (χ1v) is 8.52. The van der Waals surface area contributed by atoms with Crippen LogP contribution < -0.4 is 0 Å². The standard InChI is InChI=1S/C8H18O5S2/c1-5-7(13-2)8(15(4,11)12)6-14(3,9)10/h7-8H,5-6H2,1-4H3. The second-order valence-corrected chi connectivity index (χ2v) is 8.09.